The van der Waals surface area contributed by atoms with Crippen LogP contribution in [0.15, 0.2) is 96.1 Å². The maximum absolute atomic E-state index is 13.8. The van der Waals surface area contributed by atoms with E-state index in [2.05, 4.69) is 5.10 Å². The topological polar surface area (TPSA) is 68.2 Å². The molecule has 0 aliphatic carbocycles. The second kappa shape index (κ2) is 8.80. The van der Waals surface area contributed by atoms with Crippen molar-refractivity contribution in [3.63, 3.8) is 0 Å². The van der Waals surface area contributed by atoms with Crippen molar-refractivity contribution in [1.82, 2.24) is 0 Å². The Morgan fingerprint density at radius 1 is 1.03 bits per heavy atom. The van der Waals surface area contributed by atoms with E-state index in [0.717, 1.165) is 11.1 Å². The molecule has 7 heteroatoms. The van der Waals surface area contributed by atoms with Gasteiger partial charge in [-0.2, -0.15) is 5.10 Å². The Morgan fingerprint density at radius 3 is 2.32 bits per heavy atom. The first kappa shape index (κ1) is 21.9. The molecule has 0 radical (unpaired) electrons. The first-order valence-electron chi connectivity index (χ1n) is 10.9. The van der Waals surface area contributed by atoms with E-state index in [9.17, 15) is 9.59 Å². The van der Waals surface area contributed by atoms with Crippen LogP contribution in [0.4, 0.5) is 5.69 Å². The molecule has 2 heterocycles. The summed E-state index contributed by atoms with van der Waals surface area (Å²) in [4.78, 5) is 26.9. The highest BCUT2D eigenvalue weighted by Gasteiger charge is 2.62. The van der Waals surface area contributed by atoms with Gasteiger partial charge in [0.1, 0.15) is 5.76 Å². The number of carbonyl (C=O) groups is 2. The van der Waals surface area contributed by atoms with Gasteiger partial charge in [0.25, 0.3) is 0 Å². The van der Waals surface area contributed by atoms with E-state index >= 15 is 0 Å². The highest BCUT2D eigenvalue weighted by Crippen LogP contribution is 2.49. The second-order valence-corrected chi connectivity index (χ2v) is 8.36. The predicted octanol–water partition coefficient (Wildman–Crippen LogP) is 5.20. The third-order valence-electron chi connectivity index (χ3n) is 5.90. The number of halogens is 1. The fourth-order valence-corrected chi connectivity index (χ4v) is 4.54. The molecule has 0 fully saturated rings. The summed E-state index contributed by atoms with van der Waals surface area (Å²) in [5.41, 5.74) is 0.786. The van der Waals surface area contributed by atoms with Crippen molar-refractivity contribution in [3.8, 4) is 0 Å². The van der Waals surface area contributed by atoms with E-state index < -0.39 is 23.4 Å². The summed E-state index contributed by atoms with van der Waals surface area (Å²) >= 11 is 6.11. The number of ether oxygens (including phenoxy) is 2. The van der Waals surface area contributed by atoms with Crippen LogP contribution in [-0.2, 0) is 19.1 Å². The zero-order chi connectivity index (χ0) is 23.7. The SMILES string of the molecule is CCOC(=O)C1=NN(c2ccc(Cl)cc2)[C@]2(C=C(c3ccccc3)OC2=O)[C@H]1c1ccccc1. The summed E-state index contributed by atoms with van der Waals surface area (Å²) in [7, 11) is 0. The smallest absolute Gasteiger partial charge is 0.355 e. The molecule has 0 bridgehead atoms. The van der Waals surface area contributed by atoms with Crippen LogP contribution in [0.5, 0.6) is 0 Å². The van der Waals surface area contributed by atoms with Gasteiger partial charge in [-0.25, -0.2) is 14.6 Å². The molecule has 3 aromatic carbocycles. The van der Waals surface area contributed by atoms with Crippen LogP contribution in [-0.4, -0.2) is 29.8 Å². The lowest BCUT2D eigenvalue weighted by molar-refractivity contribution is -0.139. The fourth-order valence-electron chi connectivity index (χ4n) is 4.42. The summed E-state index contributed by atoms with van der Waals surface area (Å²) < 4.78 is 11.2. The number of hydrogen-bond donors (Lipinski definition) is 0. The van der Waals surface area contributed by atoms with Crippen LogP contribution in [0.2, 0.25) is 5.02 Å². The molecule has 2 aliphatic rings. The van der Waals surface area contributed by atoms with Crippen LogP contribution in [0.25, 0.3) is 5.76 Å². The Hall–Kier alpha value is -3.90. The Morgan fingerprint density at radius 2 is 1.68 bits per heavy atom. The molecule has 5 rings (SSSR count). The van der Waals surface area contributed by atoms with Gasteiger partial charge in [0, 0.05) is 10.6 Å². The van der Waals surface area contributed by atoms with Gasteiger partial charge in [-0.15, -0.1) is 0 Å². The third-order valence-corrected chi connectivity index (χ3v) is 6.15. The summed E-state index contributed by atoms with van der Waals surface area (Å²) in [6, 6.07) is 25.6. The van der Waals surface area contributed by atoms with Crippen molar-refractivity contribution in [2.45, 2.75) is 18.4 Å². The van der Waals surface area contributed by atoms with E-state index in [1.807, 2.05) is 60.7 Å². The number of esters is 2. The maximum atomic E-state index is 13.8. The number of cyclic esters (lactones) is 1. The van der Waals surface area contributed by atoms with Crippen LogP contribution >= 0.6 is 11.6 Å². The standard InChI is InChI=1S/C27H21ClN2O4/c1-2-33-25(31)24-23(19-11-7-4-8-12-19)27(30(29-24)21-15-13-20(28)14-16-21)17-22(34-26(27)32)18-9-5-3-6-10-18/h3-17,23H,2H2,1H3/t23-,27+/m0/s1. The Bertz CT molecular complexity index is 1290. The van der Waals surface area contributed by atoms with Crippen LogP contribution in [0, 0.1) is 0 Å². The summed E-state index contributed by atoms with van der Waals surface area (Å²) in [6.45, 7) is 1.91. The van der Waals surface area contributed by atoms with Gasteiger partial charge in [-0.1, -0.05) is 72.3 Å². The van der Waals surface area contributed by atoms with E-state index in [4.69, 9.17) is 21.1 Å². The molecule has 0 saturated heterocycles. The van der Waals surface area contributed by atoms with E-state index in [1.165, 1.54) is 0 Å². The highest BCUT2D eigenvalue weighted by atomic mass is 35.5. The largest absolute Gasteiger partial charge is 0.461 e. The molecule has 1 spiro atoms. The quantitative estimate of drug-likeness (QED) is 0.477. The second-order valence-electron chi connectivity index (χ2n) is 7.93. The molecule has 0 N–H and O–H groups in total. The highest BCUT2D eigenvalue weighted by molar-refractivity contribution is 6.41. The zero-order valence-corrected chi connectivity index (χ0v) is 19.1. The fraction of sp³-hybridized carbons (Fsp3) is 0.148. The van der Waals surface area contributed by atoms with Crippen molar-refractivity contribution in [3.05, 3.63) is 107 Å². The lowest BCUT2D eigenvalue weighted by atomic mass is 9.76. The third kappa shape index (κ3) is 3.56. The van der Waals surface area contributed by atoms with Crippen LogP contribution in [0.3, 0.4) is 0 Å². The first-order valence-corrected chi connectivity index (χ1v) is 11.3. The summed E-state index contributed by atoms with van der Waals surface area (Å²) in [5.74, 6) is -1.46. The normalized spacial score (nSPS) is 21.3. The molecule has 2 aliphatic heterocycles. The molecule has 0 unspecified atom stereocenters. The molecular weight excluding hydrogens is 452 g/mol. The maximum Gasteiger partial charge on any atom is 0.355 e. The average molecular weight is 473 g/mol. The van der Waals surface area contributed by atoms with Gasteiger partial charge < -0.3 is 9.47 Å². The molecule has 3 aromatic rings. The van der Waals surface area contributed by atoms with Crippen molar-refractivity contribution in [2.24, 2.45) is 5.10 Å². The first-order chi connectivity index (χ1) is 16.5. The average Bonchev–Trinajstić information content (AvgIpc) is 3.39. The van der Waals surface area contributed by atoms with Gasteiger partial charge in [-0.3, -0.25) is 0 Å². The van der Waals surface area contributed by atoms with Crippen LogP contribution < -0.4 is 5.01 Å². The zero-order valence-electron chi connectivity index (χ0n) is 18.4. The van der Waals surface area contributed by atoms with Gasteiger partial charge >= 0.3 is 11.9 Å². The number of carbonyl (C=O) groups excluding carboxylic acids is 2. The number of hydrogen-bond acceptors (Lipinski definition) is 6. The molecular formula is C27H21ClN2O4. The minimum absolute atomic E-state index is 0.130. The number of hydrazone groups is 1. The van der Waals surface area contributed by atoms with Crippen molar-refractivity contribution < 1.29 is 19.1 Å². The molecule has 6 nitrogen and oxygen atoms in total. The van der Waals surface area contributed by atoms with Gasteiger partial charge in [0.2, 0.25) is 0 Å². The predicted molar refractivity (Wildman–Crippen MR) is 130 cm³/mol. The molecule has 170 valence electrons. The lowest BCUT2D eigenvalue weighted by Gasteiger charge is -2.33. The Labute approximate surface area is 202 Å². The molecule has 0 aromatic heterocycles. The molecule has 0 saturated carbocycles. The van der Waals surface area contributed by atoms with Crippen molar-refractivity contribution in [2.75, 3.05) is 11.6 Å². The molecule has 2 atom stereocenters. The van der Waals surface area contributed by atoms with Gasteiger partial charge in [0.05, 0.1) is 18.2 Å². The van der Waals surface area contributed by atoms with Crippen LogP contribution in [0.1, 0.15) is 24.0 Å². The number of rotatable bonds is 5. The summed E-state index contributed by atoms with van der Waals surface area (Å²) in [6.07, 6.45) is 1.76. The molecule has 0 amide bonds. The number of anilines is 1. The minimum Gasteiger partial charge on any atom is -0.461 e. The number of benzene rings is 3. The molecule has 34 heavy (non-hydrogen) atoms. The van der Waals surface area contributed by atoms with Crippen molar-refractivity contribution >= 4 is 40.7 Å². The van der Waals surface area contributed by atoms with E-state index in [0.29, 0.717) is 16.5 Å². The van der Waals surface area contributed by atoms with Crippen molar-refractivity contribution in [1.29, 1.82) is 0 Å². The summed E-state index contributed by atoms with van der Waals surface area (Å²) in [5, 5.41) is 6.75. The lowest BCUT2D eigenvalue weighted by Crippen LogP contribution is -2.51. The van der Waals surface area contributed by atoms with E-state index in [-0.39, 0.29) is 12.3 Å². The Balaban J connectivity index is 1.75. The van der Waals surface area contributed by atoms with E-state index in [1.54, 1.807) is 42.3 Å². The number of nitrogens with zero attached hydrogens (tertiary/aromatic N) is 2. The van der Waals surface area contributed by atoms with Gasteiger partial charge in [0.15, 0.2) is 11.3 Å². The van der Waals surface area contributed by atoms with Gasteiger partial charge in [-0.05, 0) is 42.8 Å². The monoisotopic (exact) mass is 472 g/mol. The Kier molecular flexibility index (Phi) is 5.67. The minimum atomic E-state index is -1.43.